The topological polar surface area (TPSA) is 0 Å². The summed E-state index contributed by atoms with van der Waals surface area (Å²) in [4.78, 5) is 0. The van der Waals surface area contributed by atoms with E-state index in [1.807, 2.05) is 27.7 Å². The first-order valence-corrected chi connectivity index (χ1v) is 7.35. The number of hydrogen-bond donors (Lipinski definition) is 0. The highest BCUT2D eigenvalue weighted by atomic mass is 14.0. The summed E-state index contributed by atoms with van der Waals surface area (Å²) in [6, 6.07) is 17.4. The lowest BCUT2D eigenvalue weighted by Gasteiger charge is -2.03. The minimum absolute atomic E-state index is 0. The van der Waals surface area contributed by atoms with E-state index in [9.17, 15) is 0 Å². The van der Waals surface area contributed by atoms with E-state index >= 15 is 0 Å². The summed E-state index contributed by atoms with van der Waals surface area (Å²) in [5.74, 6) is 0. The van der Waals surface area contributed by atoms with Crippen molar-refractivity contribution in [1.29, 1.82) is 0 Å². The Morgan fingerprint density at radius 1 is 0.650 bits per heavy atom. The molecule has 0 aliphatic heterocycles. The summed E-state index contributed by atoms with van der Waals surface area (Å²) >= 11 is 0. The van der Waals surface area contributed by atoms with Crippen molar-refractivity contribution in [3.63, 3.8) is 0 Å². The Balaban J connectivity index is 0. The molecule has 0 saturated heterocycles. The molecule has 2 rings (SSSR count). The zero-order valence-corrected chi connectivity index (χ0v) is 13.3. The highest BCUT2D eigenvalue weighted by Gasteiger charge is 1.96. The van der Waals surface area contributed by atoms with Crippen LogP contribution < -0.4 is 0 Å². The molecule has 0 bridgehead atoms. The van der Waals surface area contributed by atoms with Gasteiger partial charge < -0.3 is 0 Å². The van der Waals surface area contributed by atoms with Crippen molar-refractivity contribution in [2.45, 2.75) is 55.4 Å². The van der Waals surface area contributed by atoms with Gasteiger partial charge in [0.25, 0.3) is 0 Å². The fourth-order valence-corrected chi connectivity index (χ4v) is 1.88. The summed E-state index contributed by atoms with van der Waals surface area (Å²) in [6.45, 7) is 12.3. The molecule has 0 aliphatic rings. The maximum Gasteiger partial charge on any atom is -0.00256 e. The second kappa shape index (κ2) is 12.5. The van der Waals surface area contributed by atoms with Gasteiger partial charge in [0.2, 0.25) is 0 Å². The van der Waals surface area contributed by atoms with E-state index in [4.69, 9.17) is 0 Å². The minimum Gasteiger partial charge on any atom is -0.0776 e. The van der Waals surface area contributed by atoms with Gasteiger partial charge in [-0.25, -0.2) is 0 Å². The summed E-state index contributed by atoms with van der Waals surface area (Å²) in [6.07, 6.45) is 1.03. The second-order valence-corrected chi connectivity index (χ2v) is 4.15. The molecule has 0 fully saturated rings. The van der Waals surface area contributed by atoms with Crippen LogP contribution in [0.4, 0.5) is 0 Å². The van der Waals surface area contributed by atoms with Crippen LogP contribution >= 0.6 is 0 Å². The molecular weight excluding hydrogens is 240 g/mol. The standard InChI is InChI=1S/C15H16.2C2H6.CH4/c1-12-5-3-7-14(9-12)11-15-8-4-6-13(2)10-15;2*1-2;/h3-10H,11H2,1-2H3;2*1-2H3;1H4. The van der Waals surface area contributed by atoms with Crippen molar-refractivity contribution in [2.24, 2.45) is 0 Å². The van der Waals surface area contributed by atoms with Gasteiger partial charge in [0, 0.05) is 0 Å². The van der Waals surface area contributed by atoms with Crippen LogP contribution in [0.5, 0.6) is 0 Å². The van der Waals surface area contributed by atoms with Gasteiger partial charge in [0.1, 0.15) is 0 Å². The molecule has 0 heterocycles. The molecule has 112 valence electrons. The van der Waals surface area contributed by atoms with Gasteiger partial charge in [-0.2, -0.15) is 0 Å². The van der Waals surface area contributed by atoms with Gasteiger partial charge in [0.05, 0.1) is 0 Å². The van der Waals surface area contributed by atoms with E-state index in [2.05, 4.69) is 62.4 Å². The Labute approximate surface area is 126 Å². The molecule has 0 nitrogen and oxygen atoms in total. The monoisotopic (exact) mass is 272 g/mol. The number of benzene rings is 2. The Morgan fingerprint density at radius 3 is 1.30 bits per heavy atom. The summed E-state index contributed by atoms with van der Waals surface area (Å²) < 4.78 is 0. The van der Waals surface area contributed by atoms with Gasteiger partial charge >= 0.3 is 0 Å². The molecule has 0 saturated carbocycles. The molecule has 0 radical (unpaired) electrons. The fraction of sp³-hybridized carbons (Fsp3) is 0.400. The van der Waals surface area contributed by atoms with E-state index in [0.29, 0.717) is 0 Å². The van der Waals surface area contributed by atoms with Crippen molar-refractivity contribution in [1.82, 2.24) is 0 Å². The summed E-state index contributed by atoms with van der Waals surface area (Å²) in [7, 11) is 0. The zero-order chi connectivity index (χ0) is 14.7. The smallest absolute Gasteiger partial charge is 0.00256 e. The third kappa shape index (κ3) is 7.78. The molecule has 0 spiro atoms. The maximum absolute atomic E-state index is 2.25. The number of rotatable bonds is 2. The first-order valence-electron chi connectivity index (χ1n) is 7.35. The van der Waals surface area contributed by atoms with Crippen molar-refractivity contribution >= 4 is 0 Å². The van der Waals surface area contributed by atoms with Gasteiger partial charge in [-0.3, -0.25) is 0 Å². The molecule has 0 aromatic heterocycles. The van der Waals surface area contributed by atoms with Crippen LogP contribution in [-0.4, -0.2) is 0 Å². The second-order valence-electron chi connectivity index (χ2n) is 4.15. The molecule has 0 heteroatoms. The van der Waals surface area contributed by atoms with E-state index in [1.54, 1.807) is 0 Å². The third-order valence-corrected chi connectivity index (χ3v) is 2.57. The van der Waals surface area contributed by atoms with E-state index in [1.165, 1.54) is 22.3 Å². The third-order valence-electron chi connectivity index (χ3n) is 2.57. The predicted octanol–water partition coefficient (Wildman–Crippen LogP) is 6.58. The van der Waals surface area contributed by atoms with Crippen LogP contribution in [0.3, 0.4) is 0 Å². The number of aryl methyl sites for hydroxylation is 2. The van der Waals surface area contributed by atoms with Crippen LogP contribution in [0.1, 0.15) is 57.4 Å². The van der Waals surface area contributed by atoms with Crippen LogP contribution in [-0.2, 0) is 6.42 Å². The van der Waals surface area contributed by atoms with Crippen LogP contribution in [0.2, 0.25) is 0 Å². The molecule has 2 aromatic rings. The highest BCUT2D eigenvalue weighted by molar-refractivity contribution is 5.30. The first-order chi connectivity index (χ1) is 9.24. The Morgan fingerprint density at radius 2 is 1.00 bits per heavy atom. The molecule has 0 aliphatic carbocycles. The Kier molecular flexibility index (Phi) is 12.9. The quantitative estimate of drug-likeness (QED) is 0.579. The van der Waals surface area contributed by atoms with Gasteiger partial charge in [-0.15, -0.1) is 0 Å². The SMILES string of the molecule is C.CC.CC.Cc1cccc(Cc2cccc(C)c2)c1. The lowest BCUT2D eigenvalue weighted by Crippen LogP contribution is -1.89. The molecule has 0 unspecified atom stereocenters. The first kappa shape index (κ1) is 20.8. The van der Waals surface area contributed by atoms with Gasteiger partial charge in [-0.1, -0.05) is 94.8 Å². The maximum atomic E-state index is 2.25. The van der Waals surface area contributed by atoms with Crippen LogP contribution in [0.15, 0.2) is 48.5 Å². The average molecular weight is 272 g/mol. The summed E-state index contributed by atoms with van der Waals surface area (Å²) in [5, 5.41) is 0. The molecular formula is C20H32. The predicted molar refractivity (Wildman–Crippen MR) is 94.6 cm³/mol. The minimum atomic E-state index is 0. The normalized spacial score (nSPS) is 8.30. The molecule has 0 amide bonds. The van der Waals surface area contributed by atoms with Gasteiger partial charge in [0.15, 0.2) is 0 Å². The molecule has 0 N–H and O–H groups in total. The Hall–Kier alpha value is -1.56. The van der Waals surface area contributed by atoms with Crippen molar-refractivity contribution in [3.8, 4) is 0 Å². The van der Waals surface area contributed by atoms with E-state index in [0.717, 1.165) is 6.42 Å². The van der Waals surface area contributed by atoms with Crippen molar-refractivity contribution < 1.29 is 0 Å². The van der Waals surface area contributed by atoms with Gasteiger partial charge in [-0.05, 0) is 31.4 Å². The van der Waals surface area contributed by atoms with Crippen molar-refractivity contribution in [3.05, 3.63) is 70.8 Å². The Bertz CT molecular complexity index is 412. The largest absolute Gasteiger partial charge is 0.0776 e. The average Bonchev–Trinajstić information content (AvgIpc) is 2.43. The van der Waals surface area contributed by atoms with Crippen LogP contribution in [0, 0.1) is 13.8 Å². The zero-order valence-electron chi connectivity index (χ0n) is 13.3. The molecule has 0 atom stereocenters. The fourth-order valence-electron chi connectivity index (χ4n) is 1.88. The molecule has 2 aromatic carbocycles. The number of hydrogen-bond acceptors (Lipinski definition) is 0. The summed E-state index contributed by atoms with van der Waals surface area (Å²) in [5.41, 5.74) is 5.45. The molecule has 20 heavy (non-hydrogen) atoms. The van der Waals surface area contributed by atoms with Crippen LogP contribution in [0.25, 0.3) is 0 Å². The van der Waals surface area contributed by atoms with E-state index < -0.39 is 0 Å². The van der Waals surface area contributed by atoms with Crippen molar-refractivity contribution in [2.75, 3.05) is 0 Å². The lowest BCUT2D eigenvalue weighted by atomic mass is 10.0. The lowest BCUT2D eigenvalue weighted by molar-refractivity contribution is 1.17. The highest BCUT2D eigenvalue weighted by Crippen LogP contribution is 2.12. The van der Waals surface area contributed by atoms with E-state index in [-0.39, 0.29) is 7.43 Å².